The van der Waals surface area contributed by atoms with E-state index in [1.807, 2.05) is 50.2 Å². The standard InChI is InChI=1S/C16H15BrCl2O/c1-3-20-15-8-7-11(9-13(15)17)16(19)12-5-4-6-14(18)10(12)2/h4-9,16H,3H2,1-2H3. The van der Waals surface area contributed by atoms with Crippen molar-refractivity contribution in [2.24, 2.45) is 0 Å². The van der Waals surface area contributed by atoms with Crippen LogP contribution >= 0.6 is 39.1 Å². The van der Waals surface area contributed by atoms with E-state index in [9.17, 15) is 0 Å². The highest BCUT2D eigenvalue weighted by Crippen LogP contribution is 2.36. The zero-order valence-electron chi connectivity index (χ0n) is 11.3. The van der Waals surface area contributed by atoms with Crippen LogP contribution in [-0.4, -0.2) is 6.61 Å². The van der Waals surface area contributed by atoms with Crippen LogP contribution in [0.25, 0.3) is 0 Å². The van der Waals surface area contributed by atoms with E-state index in [-0.39, 0.29) is 5.38 Å². The molecule has 0 N–H and O–H groups in total. The van der Waals surface area contributed by atoms with Crippen molar-refractivity contribution in [1.82, 2.24) is 0 Å². The molecule has 0 bridgehead atoms. The smallest absolute Gasteiger partial charge is 0.133 e. The second-order valence-corrected chi connectivity index (χ2v) is 6.14. The van der Waals surface area contributed by atoms with E-state index in [1.54, 1.807) is 0 Å². The van der Waals surface area contributed by atoms with Gasteiger partial charge in [-0.15, -0.1) is 11.6 Å². The van der Waals surface area contributed by atoms with Crippen LogP contribution in [-0.2, 0) is 0 Å². The third-order valence-electron chi connectivity index (χ3n) is 3.13. The van der Waals surface area contributed by atoms with Gasteiger partial charge in [-0.2, -0.15) is 0 Å². The van der Waals surface area contributed by atoms with Crippen LogP contribution in [0.15, 0.2) is 40.9 Å². The molecule has 0 spiro atoms. The maximum Gasteiger partial charge on any atom is 0.133 e. The summed E-state index contributed by atoms with van der Waals surface area (Å²) in [5, 5.41) is 0.499. The minimum absolute atomic E-state index is 0.235. The lowest BCUT2D eigenvalue weighted by atomic mass is 10.00. The number of ether oxygens (including phenoxy) is 1. The molecule has 4 heteroatoms. The van der Waals surface area contributed by atoms with E-state index in [2.05, 4.69) is 15.9 Å². The van der Waals surface area contributed by atoms with Gasteiger partial charge in [0.15, 0.2) is 0 Å². The van der Waals surface area contributed by atoms with Crippen LogP contribution in [0, 0.1) is 6.92 Å². The van der Waals surface area contributed by atoms with Gasteiger partial charge in [0.2, 0.25) is 0 Å². The third kappa shape index (κ3) is 3.30. The molecular weight excluding hydrogens is 359 g/mol. The topological polar surface area (TPSA) is 9.23 Å². The Morgan fingerprint density at radius 3 is 2.65 bits per heavy atom. The lowest BCUT2D eigenvalue weighted by molar-refractivity contribution is 0.338. The second-order valence-electron chi connectivity index (χ2n) is 4.44. The summed E-state index contributed by atoms with van der Waals surface area (Å²) in [6.45, 7) is 4.58. The monoisotopic (exact) mass is 372 g/mol. The fourth-order valence-corrected chi connectivity index (χ4v) is 3.09. The Balaban J connectivity index is 2.36. The molecule has 0 aliphatic rings. The van der Waals surface area contributed by atoms with Crippen molar-refractivity contribution in [3.8, 4) is 5.75 Å². The quantitative estimate of drug-likeness (QED) is 0.585. The Morgan fingerprint density at radius 2 is 2.00 bits per heavy atom. The maximum absolute atomic E-state index is 6.59. The number of alkyl halides is 1. The van der Waals surface area contributed by atoms with E-state index >= 15 is 0 Å². The number of benzene rings is 2. The number of rotatable bonds is 4. The summed E-state index contributed by atoms with van der Waals surface area (Å²) in [5.41, 5.74) is 3.04. The normalized spacial score (nSPS) is 12.2. The average molecular weight is 374 g/mol. The van der Waals surface area contributed by atoms with E-state index in [0.717, 1.165) is 31.9 Å². The molecule has 106 valence electrons. The Hall–Kier alpha value is -0.700. The predicted molar refractivity (Wildman–Crippen MR) is 89.2 cm³/mol. The first-order valence-corrected chi connectivity index (χ1v) is 7.96. The first-order chi connectivity index (χ1) is 9.54. The first-order valence-electron chi connectivity index (χ1n) is 6.36. The molecule has 0 saturated heterocycles. The van der Waals surface area contributed by atoms with Crippen LogP contribution in [0.3, 0.4) is 0 Å². The predicted octanol–water partition coefficient (Wildman–Crippen LogP) is 6.14. The molecule has 0 radical (unpaired) electrons. The number of hydrogen-bond donors (Lipinski definition) is 0. The van der Waals surface area contributed by atoms with Crippen LogP contribution in [0.5, 0.6) is 5.75 Å². The van der Waals surface area contributed by atoms with E-state index in [0.29, 0.717) is 6.61 Å². The molecule has 1 unspecified atom stereocenters. The largest absolute Gasteiger partial charge is 0.493 e. The van der Waals surface area contributed by atoms with Crippen molar-refractivity contribution in [3.05, 3.63) is 62.6 Å². The van der Waals surface area contributed by atoms with Crippen LogP contribution < -0.4 is 4.74 Å². The molecule has 2 aromatic carbocycles. The highest BCUT2D eigenvalue weighted by Gasteiger charge is 2.16. The van der Waals surface area contributed by atoms with Gasteiger partial charge in [0.05, 0.1) is 16.5 Å². The lowest BCUT2D eigenvalue weighted by Gasteiger charge is -2.15. The summed E-state index contributed by atoms with van der Waals surface area (Å²) < 4.78 is 6.41. The van der Waals surface area contributed by atoms with E-state index in [4.69, 9.17) is 27.9 Å². The van der Waals surface area contributed by atoms with Crippen molar-refractivity contribution in [2.45, 2.75) is 19.2 Å². The third-order valence-corrected chi connectivity index (χ3v) is 4.65. The van der Waals surface area contributed by atoms with E-state index < -0.39 is 0 Å². The Kier molecular flexibility index (Phi) is 5.36. The maximum atomic E-state index is 6.59. The zero-order chi connectivity index (χ0) is 14.7. The Bertz CT molecular complexity index is 613. The van der Waals surface area contributed by atoms with Crippen LogP contribution in [0.1, 0.15) is 29.0 Å². The number of halogens is 3. The van der Waals surface area contributed by atoms with Crippen molar-refractivity contribution >= 4 is 39.1 Å². The molecule has 0 aromatic heterocycles. The Morgan fingerprint density at radius 1 is 1.25 bits per heavy atom. The van der Waals surface area contributed by atoms with Gasteiger partial charge in [-0.25, -0.2) is 0 Å². The Labute approximate surface area is 138 Å². The SMILES string of the molecule is CCOc1ccc(C(Cl)c2cccc(Cl)c2C)cc1Br. The van der Waals surface area contributed by atoms with Gasteiger partial charge in [-0.05, 0) is 64.7 Å². The molecule has 2 rings (SSSR count). The minimum atomic E-state index is -0.235. The van der Waals surface area contributed by atoms with Crippen molar-refractivity contribution < 1.29 is 4.74 Å². The molecule has 0 saturated carbocycles. The molecule has 0 aliphatic carbocycles. The first kappa shape index (κ1) is 15.7. The van der Waals surface area contributed by atoms with Gasteiger partial charge in [0.1, 0.15) is 5.75 Å². The molecule has 0 amide bonds. The summed E-state index contributed by atoms with van der Waals surface area (Å²) in [7, 11) is 0. The summed E-state index contributed by atoms with van der Waals surface area (Å²) in [6, 6.07) is 11.7. The summed E-state index contributed by atoms with van der Waals surface area (Å²) in [5.74, 6) is 0.822. The molecule has 2 aromatic rings. The highest BCUT2D eigenvalue weighted by atomic mass is 79.9. The fourth-order valence-electron chi connectivity index (χ4n) is 2.03. The minimum Gasteiger partial charge on any atom is -0.493 e. The van der Waals surface area contributed by atoms with Gasteiger partial charge in [0.25, 0.3) is 0 Å². The van der Waals surface area contributed by atoms with Gasteiger partial charge >= 0.3 is 0 Å². The van der Waals surface area contributed by atoms with Gasteiger partial charge in [0, 0.05) is 5.02 Å². The van der Waals surface area contributed by atoms with Gasteiger partial charge < -0.3 is 4.74 Å². The van der Waals surface area contributed by atoms with Crippen LogP contribution in [0.2, 0.25) is 5.02 Å². The molecule has 20 heavy (non-hydrogen) atoms. The molecule has 1 atom stereocenters. The van der Waals surface area contributed by atoms with Crippen molar-refractivity contribution in [2.75, 3.05) is 6.61 Å². The average Bonchev–Trinajstić information content (AvgIpc) is 2.43. The zero-order valence-corrected chi connectivity index (χ0v) is 14.4. The van der Waals surface area contributed by atoms with Gasteiger partial charge in [-0.3, -0.25) is 0 Å². The second kappa shape index (κ2) is 6.84. The molecule has 1 nitrogen and oxygen atoms in total. The van der Waals surface area contributed by atoms with Crippen molar-refractivity contribution in [1.29, 1.82) is 0 Å². The molecular formula is C16H15BrCl2O. The fraction of sp³-hybridized carbons (Fsp3) is 0.250. The number of hydrogen-bond acceptors (Lipinski definition) is 1. The molecule has 0 fully saturated rings. The lowest BCUT2D eigenvalue weighted by Crippen LogP contribution is -1.98. The highest BCUT2D eigenvalue weighted by molar-refractivity contribution is 9.10. The summed E-state index contributed by atoms with van der Waals surface area (Å²) in [4.78, 5) is 0. The van der Waals surface area contributed by atoms with Gasteiger partial charge in [-0.1, -0.05) is 29.8 Å². The summed E-state index contributed by atoms with van der Waals surface area (Å²) in [6.07, 6.45) is 0. The molecule has 0 heterocycles. The van der Waals surface area contributed by atoms with Crippen LogP contribution in [0.4, 0.5) is 0 Å². The summed E-state index contributed by atoms with van der Waals surface area (Å²) >= 11 is 16.3. The molecule has 0 aliphatic heterocycles. The van der Waals surface area contributed by atoms with E-state index in [1.165, 1.54) is 0 Å². The van der Waals surface area contributed by atoms with Crippen molar-refractivity contribution in [3.63, 3.8) is 0 Å².